The Morgan fingerprint density at radius 1 is 0.923 bits per heavy atom. The fourth-order valence-corrected chi connectivity index (χ4v) is 2.21. The zero-order valence-corrected chi connectivity index (χ0v) is 16.7. The summed E-state index contributed by atoms with van der Waals surface area (Å²) in [5.41, 5.74) is 7.27. The third-order valence-electron chi connectivity index (χ3n) is 3.83. The van der Waals surface area contributed by atoms with Crippen LogP contribution < -0.4 is 11.1 Å². The van der Waals surface area contributed by atoms with E-state index in [4.69, 9.17) is 5.73 Å². The van der Waals surface area contributed by atoms with Crippen LogP contribution in [0.25, 0.3) is 12.2 Å². The first-order valence-corrected chi connectivity index (χ1v) is 9.28. The second kappa shape index (κ2) is 11.3. The Bertz CT molecular complexity index is 670. The lowest BCUT2D eigenvalue weighted by Crippen LogP contribution is -2.46. The van der Waals surface area contributed by atoms with Crippen LogP contribution in [0.3, 0.4) is 0 Å². The molecule has 2 rings (SSSR count). The van der Waals surface area contributed by atoms with Gasteiger partial charge in [0.15, 0.2) is 0 Å². The number of nitrogens with one attached hydrogen (secondary N) is 1. The molecule has 3 N–H and O–H groups in total. The number of imide groups is 1. The average Bonchev–Trinajstić information content (AvgIpc) is 2.67. The van der Waals surface area contributed by atoms with Crippen LogP contribution in [0, 0.1) is 0 Å². The lowest BCUT2D eigenvalue weighted by atomic mass is 10.0. The van der Waals surface area contributed by atoms with Gasteiger partial charge in [0.1, 0.15) is 4.32 Å². The second-order valence-electron chi connectivity index (χ2n) is 5.65. The molecule has 0 heterocycles. The Labute approximate surface area is 163 Å². The van der Waals surface area contributed by atoms with E-state index in [1.807, 2.05) is 55.6 Å². The molecular formula is C21H25BrN2O2. The fraction of sp³-hybridized carbons (Fsp3) is 0.238. The molecule has 5 heteroatoms. The van der Waals surface area contributed by atoms with E-state index >= 15 is 0 Å². The smallest absolute Gasteiger partial charge is 0.318 e. The summed E-state index contributed by atoms with van der Waals surface area (Å²) < 4.78 is -0.665. The van der Waals surface area contributed by atoms with Gasteiger partial charge >= 0.3 is 6.03 Å². The number of primary amides is 1. The highest BCUT2D eigenvalue weighted by molar-refractivity contribution is 9.10. The molecule has 2 aromatic carbocycles. The molecule has 0 spiro atoms. The van der Waals surface area contributed by atoms with Gasteiger partial charge in [0, 0.05) is 0 Å². The van der Waals surface area contributed by atoms with Crippen LogP contribution in [-0.4, -0.2) is 16.3 Å². The van der Waals surface area contributed by atoms with Crippen LogP contribution in [-0.2, 0) is 4.79 Å². The van der Waals surface area contributed by atoms with Gasteiger partial charge in [-0.25, -0.2) is 4.79 Å². The van der Waals surface area contributed by atoms with E-state index in [1.165, 1.54) is 11.1 Å². The number of halogens is 1. The Hall–Kier alpha value is -2.40. The van der Waals surface area contributed by atoms with Gasteiger partial charge in [-0.15, -0.1) is 0 Å². The van der Waals surface area contributed by atoms with E-state index in [0.717, 1.165) is 0 Å². The molecule has 138 valence electrons. The minimum atomic E-state index is -0.814. The summed E-state index contributed by atoms with van der Waals surface area (Å²) in [5, 5.41) is 2.04. The first-order chi connectivity index (χ1) is 12.4. The van der Waals surface area contributed by atoms with E-state index in [1.54, 1.807) is 0 Å². The number of rotatable bonds is 5. The van der Waals surface area contributed by atoms with Crippen molar-refractivity contribution in [2.24, 2.45) is 5.73 Å². The molecule has 0 aromatic heterocycles. The third kappa shape index (κ3) is 7.66. The van der Waals surface area contributed by atoms with Crippen molar-refractivity contribution in [1.29, 1.82) is 0 Å². The van der Waals surface area contributed by atoms with E-state index in [0.29, 0.717) is 12.8 Å². The van der Waals surface area contributed by atoms with Gasteiger partial charge in [0.05, 0.1) is 0 Å². The topological polar surface area (TPSA) is 72.2 Å². The van der Waals surface area contributed by atoms with Crippen molar-refractivity contribution in [3.63, 3.8) is 0 Å². The summed E-state index contributed by atoms with van der Waals surface area (Å²) in [7, 11) is 0. The molecule has 26 heavy (non-hydrogen) atoms. The fourth-order valence-electron chi connectivity index (χ4n) is 2.12. The van der Waals surface area contributed by atoms with E-state index in [9.17, 15) is 9.59 Å². The number of alkyl halides is 1. The van der Waals surface area contributed by atoms with Gasteiger partial charge in [-0.2, -0.15) is 0 Å². The molecule has 0 atom stereocenters. The zero-order valence-electron chi connectivity index (χ0n) is 15.1. The predicted octanol–water partition coefficient (Wildman–Crippen LogP) is 4.99. The molecule has 0 unspecified atom stereocenters. The van der Waals surface area contributed by atoms with Crippen molar-refractivity contribution < 1.29 is 9.59 Å². The van der Waals surface area contributed by atoms with Gasteiger partial charge in [-0.05, 0) is 24.0 Å². The number of benzene rings is 2. The molecule has 0 fully saturated rings. The van der Waals surface area contributed by atoms with E-state index in [-0.39, 0.29) is 5.91 Å². The second-order valence-corrected chi connectivity index (χ2v) is 7.16. The average molecular weight is 417 g/mol. The van der Waals surface area contributed by atoms with Crippen molar-refractivity contribution in [3.05, 3.63) is 71.8 Å². The Morgan fingerprint density at radius 2 is 1.31 bits per heavy atom. The number of carbonyl (C=O) groups excluding carboxylic acids is 2. The lowest BCUT2D eigenvalue weighted by molar-refractivity contribution is -0.122. The summed E-state index contributed by atoms with van der Waals surface area (Å²) >= 11 is 3.26. The summed E-state index contributed by atoms with van der Waals surface area (Å²) in [4.78, 5) is 21.6. The van der Waals surface area contributed by atoms with Crippen LogP contribution in [0.1, 0.15) is 37.8 Å². The zero-order chi connectivity index (χ0) is 19.4. The van der Waals surface area contributed by atoms with Crippen LogP contribution in [0.4, 0.5) is 4.79 Å². The maximum Gasteiger partial charge on any atom is 0.318 e. The third-order valence-corrected chi connectivity index (χ3v) is 5.31. The quantitative estimate of drug-likeness (QED) is 0.531. The number of carbonyl (C=O) groups is 2. The van der Waals surface area contributed by atoms with Gasteiger partial charge in [-0.1, -0.05) is 103 Å². The van der Waals surface area contributed by atoms with Crippen LogP contribution in [0.5, 0.6) is 0 Å². The molecular weight excluding hydrogens is 392 g/mol. The standard InChI is InChI=1S/C14H12.C7H13BrN2O2/c1-3-7-13(8-4-1)11-12-14-9-5-2-6-10-14;1-3-7(8,4-2)5(11)10-6(9)12/h1-12H;3-4H2,1-2H3,(H3,9,10,11,12). The summed E-state index contributed by atoms with van der Waals surface area (Å²) in [6.07, 6.45) is 5.47. The van der Waals surface area contributed by atoms with Crippen molar-refractivity contribution in [2.45, 2.75) is 31.0 Å². The van der Waals surface area contributed by atoms with Gasteiger partial charge < -0.3 is 5.73 Å². The highest BCUT2D eigenvalue weighted by Crippen LogP contribution is 2.26. The number of urea groups is 1. The molecule has 3 amide bonds. The van der Waals surface area contributed by atoms with Gasteiger partial charge in [0.2, 0.25) is 5.91 Å². The molecule has 0 saturated carbocycles. The van der Waals surface area contributed by atoms with Crippen LogP contribution in [0.15, 0.2) is 60.7 Å². The van der Waals surface area contributed by atoms with Gasteiger partial charge in [0.25, 0.3) is 0 Å². The van der Waals surface area contributed by atoms with Crippen molar-refractivity contribution in [2.75, 3.05) is 0 Å². The number of hydrogen-bond acceptors (Lipinski definition) is 2. The van der Waals surface area contributed by atoms with Crippen molar-refractivity contribution in [3.8, 4) is 0 Å². The first kappa shape index (κ1) is 21.6. The summed E-state index contributed by atoms with van der Waals surface area (Å²) in [5.74, 6) is -0.375. The molecule has 4 nitrogen and oxygen atoms in total. The number of nitrogens with two attached hydrogens (primary N) is 1. The highest BCUT2D eigenvalue weighted by Gasteiger charge is 2.32. The van der Waals surface area contributed by atoms with E-state index < -0.39 is 10.4 Å². The molecule has 0 radical (unpaired) electrons. The summed E-state index contributed by atoms with van der Waals surface area (Å²) in [6.45, 7) is 3.72. The van der Waals surface area contributed by atoms with E-state index in [2.05, 4.69) is 52.3 Å². The number of amides is 3. The minimum Gasteiger partial charge on any atom is -0.351 e. The van der Waals surface area contributed by atoms with Crippen LogP contribution in [0.2, 0.25) is 0 Å². The molecule has 0 bridgehead atoms. The molecule has 0 saturated heterocycles. The lowest BCUT2D eigenvalue weighted by Gasteiger charge is -2.21. The maximum absolute atomic E-state index is 11.3. The van der Waals surface area contributed by atoms with Crippen molar-refractivity contribution in [1.82, 2.24) is 5.32 Å². The Kier molecular flexibility index (Phi) is 9.37. The normalized spacial score (nSPS) is 10.7. The van der Waals surface area contributed by atoms with Crippen LogP contribution >= 0.6 is 15.9 Å². The summed E-state index contributed by atoms with van der Waals surface area (Å²) in [6, 6.07) is 19.8. The largest absolute Gasteiger partial charge is 0.351 e. The number of hydrogen-bond donors (Lipinski definition) is 2. The first-order valence-electron chi connectivity index (χ1n) is 8.49. The van der Waals surface area contributed by atoms with Crippen molar-refractivity contribution >= 4 is 40.0 Å². The predicted molar refractivity (Wildman–Crippen MR) is 112 cm³/mol. The monoisotopic (exact) mass is 416 g/mol. The SMILES string of the molecule is C(=Cc1ccccc1)c1ccccc1.CCC(Br)(CC)C(=O)NC(N)=O. The Balaban J connectivity index is 0.000000265. The van der Waals surface area contributed by atoms with Gasteiger partial charge in [-0.3, -0.25) is 10.1 Å². The molecule has 0 aliphatic rings. The minimum absolute atomic E-state index is 0.375. The maximum atomic E-state index is 11.3. The molecule has 2 aromatic rings. The Morgan fingerprint density at radius 3 is 1.62 bits per heavy atom. The highest BCUT2D eigenvalue weighted by atomic mass is 79.9. The molecule has 0 aliphatic carbocycles. The molecule has 0 aliphatic heterocycles.